The predicted octanol–water partition coefficient (Wildman–Crippen LogP) is 0.233. The fraction of sp³-hybridized carbons (Fsp3) is 0.700. The fourth-order valence-corrected chi connectivity index (χ4v) is 3.55. The summed E-state index contributed by atoms with van der Waals surface area (Å²) in [6.45, 7) is 3.29. The molecule has 2 atom stereocenters. The molecule has 1 fully saturated rings. The van der Waals surface area contributed by atoms with Crippen molar-refractivity contribution in [3.8, 4) is 0 Å². The number of primary sulfonamides is 1. The Kier molecular flexibility index (Phi) is 3.01. The SMILES string of the molecule is Cc1nn(C2CCCC2O)c(C)c1S(N)(=O)=O. The van der Waals surface area contributed by atoms with Crippen LogP contribution >= 0.6 is 0 Å². The van der Waals surface area contributed by atoms with Gasteiger partial charge in [0.2, 0.25) is 10.0 Å². The molecule has 0 radical (unpaired) electrons. The average Bonchev–Trinajstić information content (AvgIpc) is 2.69. The number of hydrogen-bond donors (Lipinski definition) is 2. The Morgan fingerprint density at radius 2 is 2.06 bits per heavy atom. The van der Waals surface area contributed by atoms with Crippen LogP contribution in [0.3, 0.4) is 0 Å². The van der Waals surface area contributed by atoms with Gasteiger partial charge in [-0.3, -0.25) is 4.68 Å². The minimum atomic E-state index is -3.76. The minimum Gasteiger partial charge on any atom is -0.391 e. The van der Waals surface area contributed by atoms with Crippen LogP contribution in [0, 0.1) is 13.8 Å². The van der Waals surface area contributed by atoms with E-state index in [0.717, 1.165) is 19.3 Å². The maximum atomic E-state index is 11.4. The molecule has 96 valence electrons. The van der Waals surface area contributed by atoms with Crippen molar-refractivity contribution in [2.24, 2.45) is 5.14 Å². The van der Waals surface area contributed by atoms with E-state index >= 15 is 0 Å². The molecule has 2 unspecified atom stereocenters. The van der Waals surface area contributed by atoms with Crippen molar-refractivity contribution in [3.63, 3.8) is 0 Å². The number of sulfonamides is 1. The Morgan fingerprint density at radius 1 is 1.41 bits per heavy atom. The average molecular weight is 259 g/mol. The first-order chi connectivity index (χ1) is 7.82. The number of aromatic nitrogens is 2. The van der Waals surface area contributed by atoms with Crippen molar-refractivity contribution >= 4 is 10.0 Å². The van der Waals surface area contributed by atoms with E-state index < -0.39 is 16.1 Å². The van der Waals surface area contributed by atoms with Gasteiger partial charge in [-0.05, 0) is 33.1 Å². The Bertz CT molecular complexity index is 535. The van der Waals surface area contributed by atoms with E-state index in [1.54, 1.807) is 18.5 Å². The molecule has 1 aliphatic rings. The highest BCUT2D eigenvalue weighted by Crippen LogP contribution is 2.32. The summed E-state index contributed by atoms with van der Waals surface area (Å²) >= 11 is 0. The molecule has 0 aliphatic heterocycles. The van der Waals surface area contributed by atoms with Crippen LogP contribution in [0.4, 0.5) is 0 Å². The van der Waals surface area contributed by atoms with Crippen LogP contribution in [-0.4, -0.2) is 29.4 Å². The number of nitrogens with zero attached hydrogens (tertiary/aromatic N) is 2. The molecular weight excluding hydrogens is 242 g/mol. The van der Waals surface area contributed by atoms with Gasteiger partial charge in [-0.1, -0.05) is 0 Å². The van der Waals surface area contributed by atoms with Gasteiger partial charge in [0.25, 0.3) is 0 Å². The summed E-state index contributed by atoms with van der Waals surface area (Å²) in [6, 6.07) is -0.135. The van der Waals surface area contributed by atoms with Gasteiger partial charge in [0.05, 0.1) is 23.5 Å². The molecule has 2 rings (SSSR count). The summed E-state index contributed by atoms with van der Waals surface area (Å²) in [5, 5.41) is 19.2. The second-order valence-corrected chi connectivity index (χ2v) is 6.05. The predicted molar refractivity (Wildman–Crippen MR) is 62.0 cm³/mol. The molecule has 0 saturated heterocycles. The van der Waals surface area contributed by atoms with Gasteiger partial charge in [0.1, 0.15) is 4.90 Å². The molecule has 6 nitrogen and oxygen atoms in total. The summed E-state index contributed by atoms with van der Waals surface area (Å²) in [6.07, 6.45) is 2.01. The number of nitrogens with two attached hydrogens (primary N) is 1. The van der Waals surface area contributed by atoms with Gasteiger partial charge in [-0.25, -0.2) is 13.6 Å². The van der Waals surface area contributed by atoms with Crippen molar-refractivity contribution in [1.29, 1.82) is 0 Å². The van der Waals surface area contributed by atoms with Crippen molar-refractivity contribution in [3.05, 3.63) is 11.4 Å². The highest BCUT2D eigenvalue weighted by Gasteiger charge is 2.31. The zero-order chi connectivity index (χ0) is 12.8. The molecule has 0 amide bonds. The van der Waals surface area contributed by atoms with E-state index in [1.807, 2.05) is 0 Å². The lowest BCUT2D eigenvalue weighted by Crippen LogP contribution is -2.21. The van der Waals surface area contributed by atoms with E-state index in [0.29, 0.717) is 11.4 Å². The first-order valence-corrected chi connectivity index (χ1v) is 7.13. The van der Waals surface area contributed by atoms with E-state index in [9.17, 15) is 13.5 Å². The molecule has 17 heavy (non-hydrogen) atoms. The summed E-state index contributed by atoms with van der Waals surface area (Å²) in [4.78, 5) is 0.0802. The van der Waals surface area contributed by atoms with Gasteiger partial charge in [-0.15, -0.1) is 0 Å². The Morgan fingerprint density at radius 3 is 2.47 bits per heavy atom. The molecule has 0 spiro atoms. The van der Waals surface area contributed by atoms with Crippen molar-refractivity contribution < 1.29 is 13.5 Å². The summed E-state index contributed by atoms with van der Waals surface area (Å²) < 4.78 is 24.5. The fourth-order valence-electron chi connectivity index (χ4n) is 2.59. The topological polar surface area (TPSA) is 98.2 Å². The van der Waals surface area contributed by atoms with E-state index in [1.165, 1.54) is 0 Å². The quantitative estimate of drug-likeness (QED) is 0.794. The van der Waals surface area contributed by atoms with Gasteiger partial charge in [0, 0.05) is 0 Å². The third kappa shape index (κ3) is 2.10. The van der Waals surface area contributed by atoms with Crippen LogP contribution in [0.5, 0.6) is 0 Å². The maximum absolute atomic E-state index is 11.4. The third-order valence-corrected chi connectivity index (χ3v) is 4.46. The van der Waals surface area contributed by atoms with Crippen LogP contribution in [0.2, 0.25) is 0 Å². The van der Waals surface area contributed by atoms with Crippen LogP contribution in [-0.2, 0) is 10.0 Å². The zero-order valence-electron chi connectivity index (χ0n) is 9.92. The van der Waals surface area contributed by atoms with E-state index in [4.69, 9.17) is 5.14 Å². The van der Waals surface area contributed by atoms with Crippen LogP contribution in [0.1, 0.15) is 36.7 Å². The third-order valence-electron chi connectivity index (χ3n) is 3.30. The minimum absolute atomic E-state index is 0.0802. The van der Waals surface area contributed by atoms with Gasteiger partial charge in [-0.2, -0.15) is 5.10 Å². The Hall–Kier alpha value is -0.920. The van der Waals surface area contributed by atoms with Gasteiger partial charge < -0.3 is 5.11 Å². The van der Waals surface area contributed by atoms with Gasteiger partial charge >= 0.3 is 0 Å². The molecule has 1 aromatic rings. The smallest absolute Gasteiger partial charge is 0.241 e. The maximum Gasteiger partial charge on any atom is 0.241 e. The summed E-state index contributed by atoms with van der Waals surface area (Å²) in [5.74, 6) is 0. The van der Waals surface area contributed by atoms with E-state index in [2.05, 4.69) is 5.10 Å². The largest absolute Gasteiger partial charge is 0.391 e. The lowest BCUT2D eigenvalue weighted by atomic mass is 10.2. The number of aliphatic hydroxyl groups is 1. The molecule has 1 aromatic heterocycles. The molecule has 3 N–H and O–H groups in total. The molecule has 1 heterocycles. The molecule has 1 aliphatic carbocycles. The highest BCUT2D eigenvalue weighted by molar-refractivity contribution is 7.89. The standard InChI is InChI=1S/C10H17N3O3S/c1-6-10(17(11,15)16)7(2)13(12-6)8-4-3-5-9(8)14/h8-9,14H,3-5H2,1-2H3,(H2,11,15,16). The summed E-state index contributed by atoms with van der Waals surface area (Å²) in [5.41, 5.74) is 0.903. The second-order valence-electron chi connectivity index (χ2n) is 4.56. The van der Waals surface area contributed by atoms with E-state index in [-0.39, 0.29) is 10.9 Å². The van der Waals surface area contributed by atoms with Crippen molar-refractivity contribution in [1.82, 2.24) is 9.78 Å². The number of aliphatic hydroxyl groups excluding tert-OH is 1. The molecule has 1 saturated carbocycles. The zero-order valence-corrected chi connectivity index (χ0v) is 10.7. The second kappa shape index (κ2) is 4.08. The normalized spacial score (nSPS) is 25.4. The molecule has 7 heteroatoms. The van der Waals surface area contributed by atoms with Crippen LogP contribution in [0.15, 0.2) is 4.90 Å². The van der Waals surface area contributed by atoms with Crippen LogP contribution < -0.4 is 5.14 Å². The summed E-state index contributed by atoms with van der Waals surface area (Å²) in [7, 11) is -3.76. The number of hydrogen-bond acceptors (Lipinski definition) is 4. The number of rotatable bonds is 2. The van der Waals surface area contributed by atoms with Gasteiger partial charge in [0.15, 0.2) is 0 Å². The monoisotopic (exact) mass is 259 g/mol. The first-order valence-electron chi connectivity index (χ1n) is 5.59. The van der Waals surface area contributed by atoms with Crippen LogP contribution in [0.25, 0.3) is 0 Å². The Labute approximate surface area is 100 Å². The lowest BCUT2D eigenvalue weighted by molar-refractivity contribution is 0.129. The number of aryl methyl sites for hydroxylation is 1. The highest BCUT2D eigenvalue weighted by atomic mass is 32.2. The molecular formula is C10H17N3O3S. The van der Waals surface area contributed by atoms with Crippen molar-refractivity contribution in [2.45, 2.75) is 50.2 Å². The lowest BCUT2D eigenvalue weighted by Gasteiger charge is -2.16. The molecule has 0 aromatic carbocycles. The van der Waals surface area contributed by atoms with Crippen molar-refractivity contribution in [2.75, 3.05) is 0 Å². The molecule has 0 bridgehead atoms. The Balaban J connectivity index is 2.51. The first kappa shape index (κ1) is 12.5.